The maximum atomic E-state index is 11.7. The van der Waals surface area contributed by atoms with Gasteiger partial charge >= 0.3 is 5.97 Å². The number of nitrogens with one attached hydrogen (secondary N) is 1. The van der Waals surface area contributed by atoms with Crippen LogP contribution >= 0.6 is 11.6 Å². The van der Waals surface area contributed by atoms with E-state index in [9.17, 15) is 14.9 Å². The minimum absolute atomic E-state index is 0.000445. The van der Waals surface area contributed by atoms with Gasteiger partial charge in [0.15, 0.2) is 0 Å². The van der Waals surface area contributed by atoms with Gasteiger partial charge in [0, 0.05) is 18.1 Å². The summed E-state index contributed by atoms with van der Waals surface area (Å²) < 4.78 is 4.75. The van der Waals surface area contributed by atoms with E-state index < -0.39 is 4.92 Å². The number of ether oxygens (including phenoxy) is 1. The Labute approximate surface area is 160 Å². The predicted octanol–water partition coefficient (Wildman–Crippen LogP) is 4.86. The fraction of sp³-hybridized carbons (Fsp3) is 0.250. The lowest BCUT2D eigenvalue weighted by molar-refractivity contribution is -0.384. The van der Waals surface area contributed by atoms with E-state index in [4.69, 9.17) is 16.3 Å². The van der Waals surface area contributed by atoms with Gasteiger partial charge in [0.1, 0.15) is 0 Å². The highest BCUT2D eigenvalue weighted by molar-refractivity contribution is 6.33. The molecule has 3 atom stereocenters. The van der Waals surface area contributed by atoms with Crippen LogP contribution in [-0.2, 0) is 4.74 Å². The molecular formula is C20H17ClN2O4. The molecule has 0 fully saturated rings. The lowest BCUT2D eigenvalue weighted by Crippen LogP contribution is -2.29. The molecule has 1 aliphatic carbocycles. The van der Waals surface area contributed by atoms with E-state index in [1.807, 2.05) is 12.1 Å². The molecule has 0 unspecified atom stereocenters. The van der Waals surface area contributed by atoms with E-state index >= 15 is 0 Å². The molecule has 0 amide bonds. The van der Waals surface area contributed by atoms with E-state index in [1.54, 1.807) is 18.2 Å². The van der Waals surface area contributed by atoms with Gasteiger partial charge in [0.05, 0.1) is 34.3 Å². The lowest BCUT2D eigenvalue weighted by atomic mass is 9.77. The van der Waals surface area contributed by atoms with Crippen LogP contribution in [0.1, 0.15) is 39.9 Å². The monoisotopic (exact) mass is 384 g/mol. The molecule has 6 nitrogen and oxygen atoms in total. The number of nitrogens with zero attached hydrogens (tertiary/aromatic N) is 1. The van der Waals surface area contributed by atoms with Crippen LogP contribution in [0.5, 0.6) is 0 Å². The Morgan fingerprint density at radius 2 is 2.04 bits per heavy atom. The van der Waals surface area contributed by atoms with Crippen molar-refractivity contribution in [2.75, 3.05) is 12.4 Å². The molecule has 2 aliphatic rings. The van der Waals surface area contributed by atoms with Crippen molar-refractivity contribution in [2.45, 2.75) is 18.4 Å². The van der Waals surface area contributed by atoms with Crippen LogP contribution in [0, 0.1) is 16.0 Å². The maximum absolute atomic E-state index is 11.7. The fourth-order valence-electron chi connectivity index (χ4n) is 4.02. The third-order valence-electron chi connectivity index (χ3n) is 5.31. The molecular weight excluding hydrogens is 368 g/mol. The molecule has 0 radical (unpaired) electrons. The molecule has 0 spiro atoms. The standard InChI is InChI=1S/C20H17ClN2O4/c1-27-20(24)12-7-5-11(6-8-12)18-15-4-2-3-14(15)16-9-13(23(25)26)10-17(21)19(16)22-18/h2-3,5-10,14-15,18,22H,4H2,1H3/t14-,15+,18-/m0/s1. The van der Waals surface area contributed by atoms with Crippen LogP contribution < -0.4 is 5.32 Å². The van der Waals surface area contributed by atoms with Gasteiger partial charge in [0.25, 0.3) is 5.69 Å². The summed E-state index contributed by atoms with van der Waals surface area (Å²) in [6.07, 6.45) is 5.07. The number of hydrogen-bond acceptors (Lipinski definition) is 5. The van der Waals surface area contributed by atoms with Crippen molar-refractivity contribution in [2.24, 2.45) is 5.92 Å². The number of rotatable bonds is 3. The Bertz CT molecular complexity index is 955. The Morgan fingerprint density at radius 3 is 2.70 bits per heavy atom. The first-order valence-corrected chi connectivity index (χ1v) is 8.96. The molecule has 1 heterocycles. The highest BCUT2D eigenvalue weighted by Gasteiger charge is 2.39. The third kappa shape index (κ3) is 2.96. The summed E-state index contributed by atoms with van der Waals surface area (Å²) in [4.78, 5) is 22.4. The van der Waals surface area contributed by atoms with Gasteiger partial charge in [-0.2, -0.15) is 0 Å². The van der Waals surface area contributed by atoms with Crippen molar-refractivity contribution < 1.29 is 14.5 Å². The summed E-state index contributed by atoms with van der Waals surface area (Å²) in [6.45, 7) is 0. The highest BCUT2D eigenvalue weighted by Crippen LogP contribution is 2.52. The molecule has 0 bridgehead atoms. The highest BCUT2D eigenvalue weighted by atomic mass is 35.5. The second-order valence-corrected chi connectivity index (χ2v) is 7.15. The summed E-state index contributed by atoms with van der Waals surface area (Å²) >= 11 is 6.37. The molecule has 7 heteroatoms. The van der Waals surface area contributed by atoms with Gasteiger partial charge in [-0.25, -0.2) is 4.79 Å². The minimum atomic E-state index is -0.419. The number of methoxy groups -OCH3 is 1. The van der Waals surface area contributed by atoms with Crippen LogP contribution in [0.25, 0.3) is 0 Å². The number of hydrogen-bond donors (Lipinski definition) is 1. The number of fused-ring (bicyclic) bond motifs is 3. The summed E-state index contributed by atoms with van der Waals surface area (Å²) in [5.74, 6) is -0.0947. The van der Waals surface area contributed by atoms with Crippen molar-refractivity contribution >= 4 is 28.9 Å². The summed E-state index contributed by atoms with van der Waals surface area (Å²) in [5.41, 5.74) is 3.11. The summed E-state index contributed by atoms with van der Waals surface area (Å²) in [6, 6.07) is 10.3. The van der Waals surface area contributed by atoms with Crippen LogP contribution in [0.15, 0.2) is 48.6 Å². The van der Waals surface area contributed by atoms with Crippen molar-refractivity contribution in [3.63, 3.8) is 0 Å². The summed E-state index contributed by atoms with van der Waals surface area (Å²) in [7, 11) is 1.35. The van der Waals surface area contributed by atoms with Gasteiger partial charge < -0.3 is 10.1 Å². The average Bonchev–Trinajstić information content (AvgIpc) is 3.17. The zero-order chi connectivity index (χ0) is 19.1. The zero-order valence-corrected chi connectivity index (χ0v) is 15.3. The van der Waals surface area contributed by atoms with Gasteiger partial charge in [-0.15, -0.1) is 0 Å². The second-order valence-electron chi connectivity index (χ2n) is 6.74. The summed E-state index contributed by atoms with van der Waals surface area (Å²) in [5, 5.41) is 15.0. The Kier molecular flexibility index (Phi) is 4.36. The number of anilines is 1. The van der Waals surface area contributed by atoms with E-state index in [0.29, 0.717) is 10.6 Å². The molecule has 1 aliphatic heterocycles. The molecule has 0 saturated heterocycles. The van der Waals surface area contributed by atoms with Crippen molar-refractivity contribution in [1.29, 1.82) is 0 Å². The SMILES string of the molecule is COC(=O)c1ccc([C@@H]2Nc3c(Cl)cc([N+](=O)[O-])cc3[C@H]3C=CC[C@H]32)cc1. The van der Waals surface area contributed by atoms with Crippen molar-refractivity contribution in [3.05, 3.63) is 80.4 Å². The van der Waals surface area contributed by atoms with Gasteiger partial charge in [-0.3, -0.25) is 10.1 Å². The minimum Gasteiger partial charge on any atom is -0.465 e. The number of allylic oxidation sites excluding steroid dienone is 2. The molecule has 0 saturated carbocycles. The smallest absolute Gasteiger partial charge is 0.337 e. The van der Waals surface area contributed by atoms with Gasteiger partial charge in [0.2, 0.25) is 0 Å². The van der Waals surface area contributed by atoms with E-state index in [0.717, 1.165) is 23.2 Å². The Balaban J connectivity index is 1.74. The number of nitro groups is 1. The fourth-order valence-corrected chi connectivity index (χ4v) is 4.30. The predicted molar refractivity (Wildman–Crippen MR) is 102 cm³/mol. The molecule has 27 heavy (non-hydrogen) atoms. The van der Waals surface area contributed by atoms with Crippen LogP contribution in [-0.4, -0.2) is 18.0 Å². The van der Waals surface area contributed by atoms with E-state index in [1.165, 1.54) is 13.2 Å². The van der Waals surface area contributed by atoms with Crippen molar-refractivity contribution in [1.82, 2.24) is 0 Å². The van der Waals surface area contributed by atoms with Crippen LogP contribution in [0.2, 0.25) is 5.02 Å². The number of carbonyl (C=O) groups is 1. The van der Waals surface area contributed by atoms with E-state index in [2.05, 4.69) is 17.5 Å². The van der Waals surface area contributed by atoms with Gasteiger partial charge in [-0.1, -0.05) is 35.9 Å². The largest absolute Gasteiger partial charge is 0.465 e. The van der Waals surface area contributed by atoms with Gasteiger partial charge in [-0.05, 0) is 35.6 Å². The average molecular weight is 385 g/mol. The number of halogens is 1. The number of benzene rings is 2. The zero-order valence-electron chi connectivity index (χ0n) is 14.5. The Hall–Kier alpha value is -2.86. The first kappa shape index (κ1) is 17.5. The first-order valence-electron chi connectivity index (χ1n) is 8.59. The molecule has 138 valence electrons. The Morgan fingerprint density at radius 1 is 1.30 bits per heavy atom. The number of carbonyl (C=O) groups excluding carboxylic acids is 1. The number of esters is 1. The molecule has 2 aromatic carbocycles. The maximum Gasteiger partial charge on any atom is 0.337 e. The first-order chi connectivity index (χ1) is 13.0. The molecule has 2 aromatic rings. The normalized spacial score (nSPS) is 22.5. The van der Waals surface area contributed by atoms with E-state index in [-0.39, 0.29) is 29.5 Å². The third-order valence-corrected chi connectivity index (χ3v) is 5.61. The lowest BCUT2D eigenvalue weighted by Gasteiger charge is -2.37. The molecule has 4 rings (SSSR count). The van der Waals surface area contributed by atoms with Crippen LogP contribution in [0.3, 0.4) is 0 Å². The number of nitro benzene ring substituents is 1. The van der Waals surface area contributed by atoms with Crippen molar-refractivity contribution in [3.8, 4) is 0 Å². The molecule has 0 aromatic heterocycles. The number of non-ortho nitro benzene ring substituents is 1. The quantitative estimate of drug-likeness (QED) is 0.353. The second kappa shape index (κ2) is 6.70. The topological polar surface area (TPSA) is 81.5 Å². The van der Waals surface area contributed by atoms with Crippen LogP contribution in [0.4, 0.5) is 11.4 Å². The molecule has 1 N–H and O–H groups in total.